The monoisotopic (exact) mass is 252 g/mol. The van der Waals surface area contributed by atoms with Gasteiger partial charge < -0.3 is 9.80 Å². The predicted octanol–water partition coefficient (Wildman–Crippen LogP) is 3.49. The van der Waals surface area contributed by atoms with Crippen LogP contribution >= 0.6 is 0 Å². The SMILES string of the molecule is CCC1CCCCCN1C(=O)N1CCC(C)CC1. The molecule has 0 spiro atoms. The van der Waals surface area contributed by atoms with Gasteiger partial charge in [0.05, 0.1) is 0 Å². The fourth-order valence-corrected chi connectivity index (χ4v) is 3.24. The summed E-state index contributed by atoms with van der Waals surface area (Å²) in [5, 5.41) is 0. The normalized spacial score (nSPS) is 27.1. The summed E-state index contributed by atoms with van der Waals surface area (Å²) in [5.74, 6) is 0.792. The number of carbonyl (C=O) groups is 1. The van der Waals surface area contributed by atoms with Gasteiger partial charge in [0.1, 0.15) is 0 Å². The van der Waals surface area contributed by atoms with E-state index in [0.717, 1.165) is 32.0 Å². The Balaban J connectivity index is 1.96. The van der Waals surface area contributed by atoms with Gasteiger partial charge >= 0.3 is 6.03 Å². The van der Waals surface area contributed by atoms with E-state index in [0.29, 0.717) is 12.1 Å². The highest BCUT2D eigenvalue weighted by molar-refractivity contribution is 5.75. The Labute approximate surface area is 112 Å². The molecule has 2 aliphatic heterocycles. The van der Waals surface area contributed by atoms with Crippen molar-refractivity contribution in [1.82, 2.24) is 9.80 Å². The molecule has 0 radical (unpaired) electrons. The van der Waals surface area contributed by atoms with Crippen molar-refractivity contribution in [3.63, 3.8) is 0 Å². The molecule has 1 unspecified atom stereocenters. The van der Waals surface area contributed by atoms with Gasteiger partial charge in [-0.1, -0.05) is 26.7 Å². The van der Waals surface area contributed by atoms with Crippen LogP contribution in [0.15, 0.2) is 0 Å². The molecule has 104 valence electrons. The van der Waals surface area contributed by atoms with Crippen LogP contribution in [0.2, 0.25) is 0 Å². The molecule has 18 heavy (non-hydrogen) atoms. The number of rotatable bonds is 1. The van der Waals surface area contributed by atoms with Crippen molar-refractivity contribution in [3.8, 4) is 0 Å². The molecule has 0 aromatic heterocycles. The van der Waals surface area contributed by atoms with Crippen molar-refractivity contribution in [2.45, 2.75) is 64.8 Å². The second-order valence-corrected chi connectivity index (χ2v) is 6.06. The van der Waals surface area contributed by atoms with Gasteiger partial charge in [0, 0.05) is 25.7 Å². The highest BCUT2D eigenvalue weighted by Crippen LogP contribution is 2.23. The van der Waals surface area contributed by atoms with Gasteiger partial charge in [-0.15, -0.1) is 0 Å². The number of carbonyl (C=O) groups excluding carboxylic acids is 1. The van der Waals surface area contributed by atoms with Crippen LogP contribution in [0.1, 0.15) is 58.8 Å². The molecule has 0 N–H and O–H groups in total. The average Bonchev–Trinajstić information content (AvgIpc) is 2.63. The summed E-state index contributed by atoms with van der Waals surface area (Å²) in [6, 6.07) is 0.801. The first-order valence-corrected chi connectivity index (χ1v) is 7.78. The number of nitrogens with zero attached hydrogens (tertiary/aromatic N) is 2. The fraction of sp³-hybridized carbons (Fsp3) is 0.933. The van der Waals surface area contributed by atoms with Crippen LogP contribution in [0.25, 0.3) is 0 Å². The van der Waals surface area contributed by atoms with E-state index in [2.05, 4.69) is 23.6 Å². The summed E-state index contributed by atoms with van der Waals surface area (Å²) < 4.78 is 0. The van der Waals surface area contributed by atoms with Crippen molar-refractivity contribution < 1.29 is 4.79 Å². The topological polar surface area (TPSA) is 23.6 Å². The lowest BCUT2D eigenvalue weighted by molar-refractivity contribution is 0.117. The van der Waals surface area contributed by atoms with Crippen molar-refractivity contribution in [2.24, 2.45) is 5.92 Å². The van der Waals surface area contributed by atoms with Crippen LogP contribution in [0.3, 0.4) is 0 Å². The lowest BCUT2D eigenvalue weighted by atomic mass is 9.99. The van der Waals surface area contributed by atoms with Crippen LogP contribution in [0.5, 0.6) is 0 Å². The lowest BCUT2D eigenvalue weighted by Crippen LogP contribution is -2.50. The van der Waals surface area contributed by atoms with Crippen LogP contribution in [-0.4, -0.2) is 41.5 Å². The molecule has 2 aliphatic rings. The first kappa shape index (κ1) is 13.7. The zero-order chi connectivity index (χ0) is 13.0. The van der Waals surface area contributed by atoms with E-state index >= 15 is 0 Å². The van der Waals surface area contributed by atoms with Gasteiger partial charge in [0.15, 0.2) is 0 Å². The van der Waals surface area contributed by atoms with Gasteiger partial charge in [-0.25, -0.2) is 4.79 Å². The second-order valence-electron chi connectivity index (χ2n) is 6.06. The van der Waals surface area contributed by atoms with E-state index in [9.17, 15) is 4.79 Å². The number of hydrogen-bond acceptors (Lipinski definition) is 1. The number of likely N-dealkylation sites (tertiary alicyclic amines) is 2. The van der Waals surface area contributed by atoms with E-state index in [-0.39, 0.29) is 0 Å². The molecule has 0 aromatic carbocycles. The Morgan fingerprint density at radius 3 is 2.44 bits per heavy atom. The number of urea groups is 1. The molecule has 0 bridgehead atoms. The van der Waals surface area contributed by atoms with Gasteiger partial charge in [-0.05, 0) is 38.0 Å². The van der Waals surface area contributed by atoms with E-state index in [4.69, 9.17) is 0 Å². The number of piperidine rings is 1. The predicted molar refractivity (Wildman–Crippen MR) is 74.6 cm³/mol. The van der Waals surface area contributed by atoms with E-state index in [1.807, 2.05) is 0 Å². The molecule has 2 rings (SSSR count). The van der Waals surface area contributed by atoms with Gasteiger partial charge in [0.25, 0.3) is 0 Å². The van der Waals surface area contributed by atoms with E-state index in [1.165, 1.54) is 38.5 Å². The minimum atomic E-state index is 0.315. The maximum Gasteiger partial charge on any atom is 0.320 e. The first-order valence-electron chi connectivity index (χ1n) is 7.78. The molecule has 3 heteroatoms. The number of hydrogen-bond donors (Lipinski definition) is 0. The Hall–Kier alpha value is -0.730. The minimum Gasteiger partial charge on any atom is -0.325 e. The quantitative estimate of drug-likeness (QED) is 0.700. The Bertz CT molecular complexity index is 272. The largest absolute Gasteiger partial charge is 0.325 e. The van der Waals surface area contributed by atoms with E-state index in [1.54, 1.807) is 0 Å². The molecule has 2 heterocycles. The maximum absolute atomic E-state index is 12.6. The molecule has 0 aliphatic carbocycles. The van der Waals surface area contributed by atoms with E-state index < -0.39 is 0 Å². The van der Waals surface area contributed by atoms with Crippen LogP contribution < -0.4 is 0 Å². The molecule has 2 saturated heterocycles. The molecular formula is C15H28N2O. The molecular weight excluding hydrogens is 224 g/mol. The van der Waals surface area contributed by atoms with Gasteiger partial charge in [-0.2, -0.15) is 0 Å². The third-order valence-corrected chi connectivity index (χ3v) is 4.65. The molecule has 0 saturated carbocycles. The van der Waals surface area contributed by atoms with Crippen molar-refractivity contribution in [2.75, 3.05) is 19.6 Å². The highest BCUT2D eigenvalue weighted by atomic mass is 16.2. The lowest BCUT2D eigenvalue weighted by Gasteiger charge is -2.37. The number of amides is 2. The van der Waals surface area contributed by atoms with Crippen LogP contribution in [0.4, 0.5) is 4.79 Å². The van der Waals surface area contributed by atoms with Crippen molar-refractivity contribution in [1.29, 1.82) is 0 Å². The highest BCUT2D eigenvalue weighted by Gasteiger charge is 2.29. The zero-order valence-electron chi connectivity index (χ0n) is 12.0. The summed E-state index contributed by atoms with van der Waals surface area (Å²) in [5.41, 5.74) is 0. The van der Waals surface area contributed by atoms with Crippen LogP contribution in [0, 0.1) is 5.92 Å². The summed E-state index contributed by atoms with van der Waals surface area (Å²) >= 11 is 0. The summed E-state index contributed by atoms with van der Waals surface area (Å²) in [6.45, 7) is 7.42. The van der Waals surface area contributed by atoms with Crippen LogP contribution in [-0.2, 0) is 0 Å². The maximum atomic E-state index is 12.6. The van der Waals surface area contributed by atoms with Crippen molar-refractivity contribution in [3.05, 3.63) is 0 Å². The Morgan fingerprint density at radius 1 is 1.06 bits per heavy atom. The zero-order valence-corrected chi connectivity index (χ0v) is 12.0. The summed E-state index contributed by atoms with van der Waals surface area (Å²) in [7, 11) is 0. The standard InChI is InChI=1S/C15H28N2O/c1-3-14-7-5-4-6-10-17(14)15(18)16-11-8-13(2)9-12-16/h13-14H,3-12H2,1-2H3. The minimum absolute atomic E-state index is 0.315. The third kappa shape index (κ3) is 3.18. The van der Waals surface area contributed by atoms with Crippen molar-refractivity contribution >= 4 is 6.03 Å². The Kier molecular flexibility index (Phi) is 4.90. The smallest absolute Gasteiger partial charge is 0.320 e. The summed E-state index contributed by atoms with van der Waals surface area (Å²) in [6.07, 6.45) is 8.43. The van der Waals surface area contributed by atoms with Gasteiger partial charge in [0.2, 0.25) is 0 Å². The Morgan fingerprint density at radius 2 is 1.78 bits per heavy atom. The molecule has 3 nitrogen and oxygen atoms in total. The fourth-order valence-electron chi connectivity index (χ4n) is 3.24. The van der Waals surface area contributed by atoms with Gasteiger partial charge in [-0.3, -0.25) is 0 Å². The molecule has 1 atom stereocenters. The molecule has 0 aromatic rings. The molecule has 2 amide bonds. The second kappa shape index (κ2) is 6.44. The molecule has 2 fully saturated rings. The first-order chi connectivity index (χ1) is 8.72. The average molecular weight is 252 g/mol. The summed E-state index contributed by atoms with van der Waals surface area (Å²) in [4.78, 5) is 16.9. The third-order valence-electron chi connectivity index (χ3n) is 4.65.